The minimum absolute atomic E-state index is 0.0460. The molecule has 0 spiro atoms. The van der Waals surface area contributed by atoms with E-state index in [1.165, 1.54) is 0 Å². The molecule has 0 unspecified atom stereocenters. The van der Waals surface area contributed by atoms with Crippen LogP contribution in [0.4, 0.5) is 17.2 Å². The Balaban J connectivity index is 1.70. The maximum Gasteiger partial charge on any atom is 0.333 e. The number of rotatable bonds is 6. The highest BCUT2D eigenvalue weighted by Gasteiger charge is 2.28. The van der Waals surface area contributed by atoms with E-state index in [0.717, 1.165) is 31.7 Å². The van der Waals surface area contributed by atoms with Crippen molar-refractivity contribution in [2.45, 2.75) is 25.8 Å². The highest BCUT2D eigenvalue weighted by molar-refractivity contribution is 5.70. The first-order valence-electron chi connectivity index (χ1n) is 8.38. The van der Waals surface area contributed by atoms with Gasteiger partial charge in [-0.05, 0) is 44.0 Å². The van der Waals surface area contributed by atoms with E-state index in [-0.39, 0.29) is 16.7 Å². The molecule has 0 saturated carbocycles. The number of hydrogen-bond donors (Lipinski definition) is 1. The van der Waals surface area contributed by atoms with Gasteiger partial charge in [-0.2, -0.15) is 5.10 Å². The highest BCUT2D eigenvalue weighted by atomic mass is 16.6. The minimum Gasteiger partial charge on any atom is -0.487 e. The molecule has 1 fully saturated rings. The Morgan fingerprint density at radius 2 is 2.12 bits per heavy atom. The Kier molecular flexibility index (Phi) is 5.27. The largest absolute Gasteiger partial charge is 0.487 e. The van der Waals surface area contributed by atoms with Gasteiger partial charge in [0, 0.05) is 25.3 Å². The smallest absolute Gasteiger partial charge is 0.333 e. The van der Waals surface area contributed by atoms with E-state index in [1.54, 1.807) is 24.4 Å². The van der Waals surface area contributed by atoms with Gasteiger partial charge in [-0.25, -0.2) is 0 Å². The first-order chi connectivity index (χ1) is 12.2. The Labute approximate surface area is 146 Å². The number of ether oxygens (including phenoxy) is 1. The summed E-state index contributed by atoms with van der Waals surface area (Å²) < 4.78 is 5.43. The second-order valence-electron chi connectivity index (χ2n) is 5.83. The van der Waals surface area contributed by atoms with E-state index in [1.807, 2.05) is 19.1 Å². The molecule has 1 aliphatic heterocycles. The van der Waals surface area contributed by atoms with Crippen molar-refractivity contribution >= 4 is 17.2 Å². The van der Waals surface area contributed by atoms with Crippen LogP contribution >= 0.6 is 0 Å². The van der Waals surface area contributed by atoms with Crippen LogP contribution in [0, 0.1) is 10.1 Å². The van der Waals surface area contributed by atoms with Crippen molar-refractivity contribution in [1.29, 1.82) is 0 Å². The predicted molar refractivity (Wildman–Crippen MR) is 95.2 cm³/mol. The number of para-hydroxylation sites is 1. The molecule has 0 bridgehead atoms. The van der Waals surface area contributed by atoms with E-state index in [4.69, 9.17) is 4.74 Å². The maximum atomic E-state index is 11.5. The third-order valence-corrected chi connectivity index (χ3v) is 4.22. The standard InChI is InChI=1S/C17H21N5O3/c1-2-25-15-6-3-5-14(17(15)22(23)24)21-11-8-13(9-12-21)19-16-7-4-10-18-20-16/h3-7,10,13H,2,8-9,11-12H2,1H3,(H,19,20). The van der Waals surface area contributed by atoms with Crippen LogP contribution in [0.3, 0.4) is 0 Å². The van der Waals surface area contributed by atoms with Gasteiger partial charge in [-0.1, -0.05) is 6.07 Å². The first-order valence-corrected chi connectivity index (χ1v) is 8.38. The quantitative estimate of drug-likeness (QED) is 0.636. The van der Waals surface area contributed by atoms with E-state index in [0.29, 0.717) is 18.0 Å². The zero-order valence-corrected chi connectivity index (χ0v) is 14.1. The van der Waals surface area contributed by atoms with Crippen LogP contribution in [0.1, 0.15) is 19.8 Å². The lowest BCUT2D eigenvalue weighted by molar-refractivity contribution is -0.385. The predicted octanol–water partition coefficient (Wildman–Crippen LogP) is 2.86. The Bertz CT molecular complexity index is 717. The molecule has 1 aromatic carbocycles. The fourth-order valence-electron chi connectivity index (χ4n) is 3.07. The van der Waals surface area contributed by atoms with Crippen LogP contribution < -0.4 is 15.0 Å². The molecule has 1 N–H and O–H groups in total. The molecule has 8 heteroatoms. The van der Waals surface area contributed by atoms with E-state index < -0.39 is 0 Å². The van der Waals surface area contributed by atoms with Crippen LogP contribution in [0.25, 0.3) is 0 Å². The van der Waals surface area contributed by atoms with E-state index >= 15 is 0 Å². The molecular weight excluding hydrogens is 322 g/mol. The third kappa shape index (κ3) is 3.96. The number of hydrogen-bond acceptors (Lipinski definition) is 7. The van der Waals surface area contributed by atoms with Crippen molar-refractivity contribution in [1.82, 2.24) is 10.2 Å². The average molecular weight is 343 g/mol. The number of benzene rings is 1. The lowest BCUT2D eigenvalue weighted by Gasteiger charge is -2.33. The third-order valence-electron chi connectivity index (χ3n) is 4.22. The van der Waals surface area contributed by atoms with Crippen molar-refractivity contribution in [3.8, 4) is 5.75 Å². The lowest BCUT2D eigenvalue weighted by atomic mass is 10.0. The summed E-state index contributed by atoms with van der Waals surface area (Å²) in [5.41, 5.74) is 0.665. The van der Waals surface area contributed by atoms with Crippen molar-refractivity contribution in [3.63, 3.8) is 0 Å². The van der Waals surface area contributed by atoms with Crippen LogP contribution in [0.5, 0.6) is 5.75 Å². The molecule has 0 radical (unpaired) electrons. The molecule has 132 valence electrons. The van der Waals surface area contributed by atoms with Gasteiger partial charge in [0.25, 0.3) is 0 Å². The molecule has 0 aliphatic carbocycles. The molecule has 1 saturated heterocycles. The molecule has 1 aliphatic rings. The number of aromatic nitrogens is 2. The first kappa shape index (κ1) is 16.9. The fraction of sp³-hybridized carbons (Fsp3) is 0.412. The minimum atomic E-state index is -0.357. The molecule has 2 heterocycles. The average Bonchev–Trinajstić information content (AvgIpc) is 2.63. The molecule has 2 aromatic rings. The van der Waals surface area contributed by atoms with Gasteiger partial charge in [0.1, 0.15) is 11.5 Å². The zero-order valence-electron chi connectivity index (χ0n) is 14.1. The van der Waals surface area contributed by atoms with Crippen molar-refractivity contribution in [3.05, 3.63) is 46.6 Å². The SMILES string of the molecule is CCOc1cccc(N2CCC(Nc3cccnn3)CC2)c1[N+](=O)[O-]. The van der Waals surface area contributed by atoms with E-state index in [9.17, 15) is 10.1 Å². The summed E-state index contributed by atoms with van der Waals surface area (Å²) in [5, 5.41) is 22.8. The van der Waals surface area contributed by atoms with Gasteiger partial charge >= 0.3 is 5.69 Å². The number of anilines is 2. The molecular formula is C17H21N5O3. The van der Waals surface area contributed by atoms with Crippen molar-refractivity contribution in [2.24, 2.45) is 0 Å². The highest BCUT2D eigenvalue weighted by Crippen LogP contribution is 2.38. The normalized spacial score (nSPS) is 15.0. The molecule has 0 atom stereocenters. The monoisotopic (exact) mass is 343 g/mol. The number of nitrogens with one attached hydrogen (secondary N) is 1. The van der Waals surface area contributed by atoms with Gasteiger partial charge in [0.15, 0.2) is 5.75 Å². The van der Waals surface area contributed by atoms with Gasteiger partial charge in [-0.3, -0.25) is 10.1 Å². The summed E-state index contributed by atoms with van der Waals surface area (Å²) in [7, 11) is 0. The maximum absolute atomic E-state index is 11.5. The van der Waals surface area contributed by atoms with Crippen LogP contribution in [0.15, 0.2) is 36.5 Å². The number of piperidine rings is 1. The van der Waals surface area contributed by atoms with Crippen LogP contribution in [-0.4, -0.2) is 40.9 Å². The molecule has 1 aromatic heterocycles. The van der Waals surface area contributed by atoms with Crippen LogP contribution in [-0.2, 0) is 0 Å². The topological polar surface area (TPSA) is 93.4 Å². The summed E-state index contributed by atoms with van der Waals surface area (Å²) in [4.78, 5) is 13.2. The number of nitro groups is 1. The summed E-state index contributed by atoms with van der Waals surface area (Å²) in [6, 6.07) is 9.24. The molecule has 0 amide bonds. The van der Waals surface area contributed by atoms with Gasteiger partial charge in [0.05, 0.1) is 11.5 Å². The van der Waals surface area contributed by atoms with Gasteiger partial charge in [0.2, 0.25) is 0 Å². The lowest BCUT2D eigenvalue weighted by Crippen LogP contribution is -2.39. The summed E-state index contributed by atoms with van der Waals surface area (Å²) in [6.45, 7) is 3.68. The summed E-state index contributed by atoms with van der Waals surface area (Å²) in [6.07, 6.45) is 3.37. The second kappa shape index (κ2) is 7.78. The Hall–Kier alpha value is -2.90. The molecule has 8 nitrogen and oxygen atoms in total. The summed E-state index contributed by atoms with van der Waals surface area (Å²) >= 11 is 0. The Morgan fingerprint density at radius 3 is 2.76 bits per heavy atom. The van der Waals surface area contributed by atoms with Crippen molar-refractivity contribution in [2.75, 3.05) is 29.9 Å². The van der Waals surface area contributed by atoms with Crippen LogP contribution in [0.2, 0.25) is 0 Å². The summed E-state index contributed by atoms with van der Waals surface area (Å²) in [5.74, 6) is 1.08. The Morgan fingerprint density at radius 1 is 1.32 bits per heavy atom. The molecule has 25 heavy (non-hydrogen) atoms. The fourth-order valence-corrected chi connectivity index (χ4v) is 3.07. The zero-order chi connectivity index (χ0) is 17.6. The van der Waals surface area contributed by atoms with E-state index in [2.05, 4.69) is 20.4 Å². The molecule has 3 rings (SSSR count). The van der Waals surface area contributed by atoms with Gasteiger partial charge in [-0.15, -0.1) is 5.10 Å². The van der Waals surface area contributed by atoms with Gasteiger partial charge < -0.3 is 15.0 Å². The number of nitro benzene ring substituents is 1. The second-order valence-corrected chi connectivity index (χ2v) is 5.83. The van der Waals surface area contributed by atoms with Crippen molar-refractivity contribution < 1.29 is 9.66 Å². The number of nitrogens with zero attached hydrogens (tertiary/aromatic N) is 4.